The van der Waals surface area contributed by atoms with Gasteiger partial charge in [0.25, 0.3) is 11.6 Å². The predicted octanol–water partition coefficient (Wildman–Crippen LogP) is 3.30. The summed E-state index contributed by atoms with van der Waals surface area (Å²) in [6.45, 7) is 0.655. The lowest BCUT2D eigenvalue weighted by atomic mass is 10.2. The van der Waals surface area contributed by atoms with Crippen molar-refractivity contribution in [3.63, 3.8) is 0 Å². The monoisotopic (exact) mass is 360 g/mol. The Balaban J connectivity index is 1.52. The first-order valence-electron chi connectivity index (χ1n) is 7.54. The fourth-order valence-corrected chi connectivity index (χ4v) is 3.54. The van der Waals surface area contributed by atoms with Crippen molar-refractivity contribution in [1.29, 1.82) is 0 Å². The number of thiophene rings is 1. The quantitative estimate of drug-likeness (QED) is 0.560. The molecular formula is C15H12N4O5S. The van der Waals surface area contributed by atoms with Crippen LogP contribution in [0, 0.1) is 10.1 Å². The third-order valence-electron chi connectivity index (χ3n) is 3.80. The first kappa shape index (κ1) is 15.7. The number of ether oxygens (including phenoxy) is 1. The van der Waals surface area contributed by atoms with Crippen molar-refractivity contribution in [2.24, 2.45) is 0 Å². The van der Waals surface area contributed by atoms with Gasteiger partial charge in [-0.1, -0.05) is 5.10 Å². The van der Waals surface area contributed by atoms with E-state index in [9.17, 15) is 14.9 Å². The molecule has 128 valence electrons. The zero-order chi connectivity index (χ0) is 17.4. The van der Waals surface area contributed by atoms with Crippen LogP contribution in [0.1, 0.15) is 34.5 Å². The second-order valence-electron chi connectivity index (χ2n) is 5.49. The van der Waals surface area contributed by atoms with Crippen LogP contribution < -0.4 is 5.32 Å². The summed E-state index contributed by atoms with van der Waals surface area (Å²) in [5, 5.41) is 21.7. The van der Waals surface area contributed by atoms with E-state index in [4.69, 9.17) is 9.15 Å². The Bertz CT molecular complexity index is 960. The minimum Gasteiger partial charge on any atom is -0.405 e. The first-order chi connectivity index (χ1) is 12.1. The van der Waals surface area contributed by atoms with E-state index in [0.29, 0.717) is 22.8 Å². The molecule has 2 aromatic heterocycles. The van der Waals surface area contributed by atoms with Gasteiger partial charge in [-0.15, -0.1) is 16.4 Å². The van der Waals surface area contributed by atoms with Gasteiger partial charge in [0.2, 0.25) is 5.89 Å². The Labute approximate surface area is 144 Å². The maximum Gasteiger partial charge on any atom is 0.322 e. The van der Waals surface area contributed by atoms with Gasteiger partial charge in [-0.05, 0) is 25.0 Å². The smallest absolute Gasteiger partial charge is 0.322 e. The molecular weight excluding hydrogens is 348 g/mol. The van der Waals surface area contributed by atoms with Crippen LogP contribution in [0.15, 0.2) is 28.7 Å². The number of carbonyl (C=O) groups excluding carboxylic acids is 1. The summed E-state index contributed by atoms with van der Waals surface area (Å²) in [5.74, 6) is -0.0637. The summed E-state index contributed by atoms with van der Waals surface area (Å²) in [4.78, 5) is 23.1. The maximum absolute atomic E-state index is 12.3. The molecule has 0 aliphatic carbocycles. The molecule has 0 spiro atoms. The van der Waals surface area contributed by atoms with Crippen LogP contribution in [0.2, 0.25) is 0 Å². The van der Waals surface area contributed by atoms with E-state index in [0.717, 1.165) is 17.5 Å². The average Bonchev–Trinajstić information content (AvgIpc) is 3.33. The summed E-state index contributed by atoms with van der Waals surface area (Å²) in [5.41, 5.74) is -0.0182. The van der Waals surface area contributed by atoms with Crippen molar-refractivity contribution in [3.8, 4) is 0 Å². The SMILES string of the molecule is O=C(Nc1nnc([C@H]2CCCO2)o1)c1cc2cc([N+](=O)[O-])ccc2s1. The van der Waals surface area contributed by atoms with Crippen LogP contribution in [0.5, 0.6) is 0 Å². The third-order valence-corrected chi connectivity index (χ3v) is 4.92. The second-order valence-corrected chi connectivity index (χ2v) is 6.57. The molecule has 1 aliphatic heterocycles. The second kappa shape index (κ2) is 6.22. The number of amides is 1. The van der Waals surface area contributed by atoms with E-state index in [-0.39, 0.29) is 17.8 Å². The molecule has 1 aliphatic rings. The van der Waals surface area contributed by atoms with Crippen LogP contribution in [0.3, 0.4) is 0 Å². The summed E-state index contributed by atoms with van der Waals surface area (Å²) in [6, 6.07) is 6.06. The zero-order valence-electron chi connectivity index (χ0n) is 12.8. The minimum absolute atomic E-state index is 0.000985. The zero-order valence-corrected chi connectivity index (χ0v) is 13.6. The van der Waals surface area contributed by atoms with Crippen molar-refractivity contribution in [1.82, 2.24) is 10.2 Å². The number of aromatic nitrogens is 2. The Morgan fingerprint density at radius 3 is 3.00 bits per heavy atom. The van der Waals surface area contributed by atoms with E-state index in [1.807, 2.05) is 0 Å². The van der Waals surface area contributed by atoms with E-state index < -0.39 is 10.8 Å². The highest BCUT2D eigenvalue weighted by atomic mass is 32.1. The number of nitro groups is 1. The molecule has 3 heterocycles. The molecule has 9 nitrogen and oxygen atoms in total. The number of non-ortho nitro benzene ring substituents is 1. The number of nitrogens with zero attached hydrogens (tertiary/aromatic N) is 3. The largest absolute Gasteiger partial charge is 0.405 e. The van der Waals surface area contributed by atoms with Gasteiger partial charge < -0.3 is 9.15 Å². The van der Waals surface area contributed by atoms with Gasteiger partial charge in [0.1, 0.15) is 6.10 Å². The number of hydrogen-bond acceptors (Lipinski definition) is 8. The molecule has 1 atom stereocenters. The minimum atomic E-state index is -0.470. The topological polar surface area (TPSA) is 120 Å². The van der Waals surface area contributed by atoms with Crippen molar-refractivity contribution >= 4 is 39.0 Å². The standard InChI is InChI=1S/C15H12N4O5S/c20-13(16-15-18-17-14(24-15)10-2-1-5-23-10)12-7-8-6-9(19(21)22)3-4-11(8)25-12/h3-4,6-7,10H,1-2,5H2,(H,16,18,20)/t10-/m1/s1. The van der Waals surface area contributed by atoms with E-state index >= 15 is 0 Å². The fourth-order valence-electron chi connectivity index (χ4n) is 2.60. The molecule has 10 heteroatoms. The van der Waals surface area contributed by atoms with E-state index in [1.165, 1.54) is 23.5 Å². The Hall–Kier alpha value is -2.85. The lowest BCUT2D eigenvalue weighted by Gasteiger charge is -2.01. The Morgan fingerprint density at radius 2 is 2.24 bits per heavy atom. The fraction of sp³-hybridized carbons (Fsp3) is 0.267. The average molecular weight is 360 g/mol. The highest BCUT2D eigenvalue weighted by Crippen LogP contribution is 2.30. The molecule has 1 saturated heterocycles. The van der Waals surface area contributed by atoms with Crippen molar-refractivity contribution in [2.75, 3.05) is 11.9 Å². The number of fused-ring (bicyclic) bond motifs is 1. The molecule has 25 heavy (non-hydrogen) atoms. The van der Waals surface area contributed by atoms with Crippen LogP contribution in [-0.4, -0.2) is 27.6 Å². The van der Waals surface area contributed by atoms with Gasteiger partial charge in [-0.2, -0.15) is 0 Å². The molecule has 0 saturated carbocycles. The Morgan fingerprint density at radius 1 is 1.36 bits per heavy atom. The number of nitro benzene ring substituents is 1. The normalized spacial score (nSPS) is 17.0. The van der Waals surface area contributed by atoms with Crippen LogP contribution in [0.4, 0.5) is 11.7 Å². The maximum atomic E-state index is 12.3. The highest BCUT2D eigenvalue weighted by molar-refractivity contribution is 7.20. The number of benzene rings is 1. The molecule has 1 aromatic carbocycles. The summed E-state index contributed by atoms with van der Waals surface area (Å²) in [7, 11) is 0. The number of nitrogens with one attached hydrogen (secondary N) is 1. The van der Waals surface area contributed by atoms with Crippen molar-refractivity contribution in [3.05, 3.63) is 45.1 Å². The summed E-state index contributed by atoms with van der Waals surface area (Å²) < 4.78 is 11.6. The molecule has 1 amide bonds. The van der Waals surface area contributed by atoms with E-state index in [1.54, 1.807) is 12.1 Å². The first-order valence-corrected chi connectivity index (χ1v) is 8.36. The van der Waals surface area contributed by atoms with Crippen LogP contribution in [0.25, 0.3) is 10.1 Å². The molecule has 4 rings (SSSR count). The van der Waals surface area contributed by atoms with Gasteiger partial charge in [0.15, 0.2) is 0 Å². The van der Waals surface area contributed by atoms with Gasteiger partial charge in [0.05, 0.1) is 9.80 Å². The van der Waals surface area contributed by atoms with Crippen molar-refractivity contribution < 1.29 is 18.9 Å². The number of rotatable bonds is 4. The highest BCUT2D eigenvalue weighted by Gasteiger charge is 2.24. The van der Waals surface area contributed by atoms with Gasteiger partial charge in [-0.25, -0.2) is 0 Å². The lowest BCUT2D eigenvalue weighted by molar-refractivity contribution is -0.384. The summed E-state index contributed by atoms with van der Waals surface area (Å²) >= 11 is 1.23. The predicted molar refractivity (Wildman–Crippen MR) is 88.7 cm³/mol. The Kier molecular flexibility index (Phi) is 3.90. The number of carbonyl (C=O) groups is 1. The molecule has 0 bridgehead atoms. The van der Waals surface area contributed by atoms with Crippen LogP contribution >= 0.6 is 11.3 Å². The van der Waals surface area contributed by atoms with Gasteiger partial charge >= 0.3 is 6.01 Å². The van der Waals surface area contributed by atoms with Crippen molar-refractivity contribution in [2.45, 2.75) is 18.9 Å². The molecule has 3 aromatic rings. The molecule has 0 radical (unpaired) electrons. The number of hydrogen-bond donors (Lipinski definition) is 1. The molecule has 0 unspecified atom stereocenters. The summed E-state index contributed by atoms with van der Waals surface area (Å²) in [6.07, 6.45) is 1.52. The third kappa shape index (κ3) is 3.08. The lowest BCUT2D eigenvalue weighted by Crippen LogP contribution is -2.10. The molecule has 1 fully saturated rings. The van der Waals surface area contributed by atoms with Gasteiger partial charge in [-0.3, -0.25) is 20.2 Å². The number of anilines is 1. The van der Waals surface area contributed by atoms with E-state index in [2.05, 4.69) is 15.5 Å². The molecule has 1 N–H and O–H groups in total. The van der Waals surface area contributed by atoms with Crippen LogP contribution in [-0.2, 0) is 4.74 Å². The van der Waals surface area contributed by atoms with Gasteiger partial charge in [0, 0.05) is 28.8 Å².